The number of hydrogen-bond donors (Lipinski definition) is 0. The molecule has 4 aromatic rings. The van der Waals surface area contributed by atoms with E-state index in [1.165, 1.54) is 5.01 Å². The summed E-state index contributed by atoms with van der Waals surface area (Å²) in [5.41, 5.74) is 3.33. The van der Waals surface area contributed by atoms with Gasteiger partial charge < -0.3 is 23.4 Å². The number of benzene rings is 3. The average Bonchev–Trinajstić information content (AvgIpc) is 3.68. The molecule has 1 aromatic heterocycles. The predicted molar refractivity (Wildman–Crippen MR) is 148 cm³/mol. The van der Waals surface area contributed by atoms with Crippen molar-refractivity contribution >= 4 is 11.6 Å². The van der Waals surface area contributed by atoms with Crippen LogP contribution in [-0.2, 0) is 11.2 Å². The minimum absolute atomic E-state index is 0.191. The van der Waals surface area contributed by atoms with Crippen molar-refractivity contribution in [3.05, 3.63) is 83.7 Å². The average molecular weight is 543 g/mol. The maximum absolute atomic E-state index is 13.5. The molecule has 1 amide bonds. The molecule has 0 bridgehead atoms. The Balaban J connectivity index is 1.35. The van der Waals surface area contributed by atoms with Crippen LogP contribution in [0.1, 0.15) is 36.4 Å². The first-order valence-corrected chi connectivity index (χ1v) is 12.8. The highest BCUT2D eigenvalue weighted by molar-refractivity contribution is 6.03. The van der Waals surface area contributed by atoms with Crippen LogP contribution in [0, 0.1) is 0 Å². The van der Waals surface area contributed by atoms with E-state index >= 15 is 0 Å². The molecule has 1 unspecified atom stereocenters. The molecule has 0 saturated heterocycles. The van der Waals surface area contributed by atoms with E-state index in [1.807, 2.05) is 61.5 Å². The maximum Gasteiger partial charge on any atom is 0.281 e. The molecular formula is C30H30N4O6. The standard InChI is InChI=1S/C30H30N4O6/c1-5-28-31-32-30(40-28)20-8-13-23(14-9-20)39-18-29(35)34-25(21-10-15-26(37-3)27(16-21)38-4)17-24(33-34)19-6-11-22(36-2)12-7-19/h6-16,25H,5,17-18H2,1-4H3. The normalized spacial score (nSPS) is 14.6. The summed E-state index contributed by atoms with van der Waals surface area (Å²) in [5.74, 6) is 3.20. The summed E-state index contributed by atoms with van der Waals surface area (Å²) in [4.78, 5) is 13.5. The van der Waals surface area contributed by atoms with Gasteiger partial charge in [0, 0.05) is 18.4 Å². The van der Waals surface area contributed by atoms with Gasteiger partial charge in [0.25, 0.3) is 5.91 Å². The van der Waals surface area contributed by atoms with Crippen LogP contribution < -0.4 is 18.9 Å². The molecule has 0 saturated carbocycles. The van der Waals surface area contributed by atoms with Crippen LogP contribution in [0.15, 0.2) is 76.2 Å². The number of hydrazone groups is 1. The Hall–Kier alpha value is -4.86. The summed E-state index contributed by atoms with van der Waals surface area (Å²) in [6.07, 6.45) is 1.19. The molecule has 3 aromatic carbocycles. The molecule has 0 fully saturated rings. The number of methoxy groups -OCH3 is 3. The Kier molecular flexibility index (Phi) is 7.95. The molecule has 206 valence electrons. The van der Waals surface area contributed by atoms with Crippen LogP contribution in [0.4, 0.5) is 0 Å². The van der Waals surface area contributed by atoms with Crippen molar-refractivity contribution in [3.63, 3.8) is 0 Å². The number of ether oxygens (including phenoxy) is 4. The van der Waals surface area contributed by atoms with Gasteiger partial charge in [0.2, 0.25) is 11.8 Å². The summed E-state index contributed by atoms with van der Waals surface area (Å²) in [7, 11) is 4.79. The van der Waals surface area contributed by atoms with Crippen LogP contribution in [0.5, 0.6) is 23.0 Å². The van der Waals surface area contributed by atoms with Gasteiger partial charge in [-0.25, -0.2) is 5.01 Å². The van der Waals surface area contributed by atoms with E-state index in [0.717, 1.165) is 28.2 Å². The lowest BCUT2D eigenvalue weighted by Crippen LogP contribution is -2.31. The number of nitrogens with zero attached hydrogens (tertiary/aromatic N) is 4. The van der Waals surface area contributed by atoms with Crippen LogP contribution >= 0.6 is 0 Å². The number of hydrogen-bond acceptors (Lipinski definition) is 9. The molecule has 0 spiro atoms. The predicted octanol–water partition coefficient (Wildman–Crippen LogP) is 5.08. The number of amides is 1. The molecule has 5 rings (SSSR count). The third-order valence-electron chi connectivity index (χ3n) is 6.61. The number of carbonyl (C=O) groups excluding carboxylic acids is 1. The minimum Gasteiger partial charge on any atom is -0.497 e. The Morgan fingerprint density at radius 1 is 0.875 bits per heavy atom. The Bertz CT molecular complexity index is 1500. The molecule has 0 aliphatic carbocycles. The van der Waals surface area contributed by atoms with Crippen molar-refractivity contribution in [2.24, 2.45) is 5.10 Å². The molecule has 1 aliphatic rings. The molecule has 1 atom stereocenters. The Labute approximate surface area is 232 Å². The third-order valence-corrected chi connectivity index (χ3v) is 6.61. The number of rotatable bonds is 10. The fourth-order valence-corrected chi connectivity index (χ4v) is 4.44. The Morgan fingerprint density at radius 3 is 2.23 bits per heavy atom. The molecule has 10 heteroatoms. The van der Waals surface area contributed by atoms with E-state index in [-0.39, 0.29) is 18.6 Å². The zero-order chi connectivity index (χ0) is 28.1. The van der Waals surface area contributed by atoms with Gasteiger partial charge in [-0.3, -0.25) is 4.79 Å². The fourth-order valence-electron chi connectivity index (χ4n) is 4.44. The van der Waals surface area contributed by atoms with Gasteiger partial charge in [-0.1, -0.05) is 13.0 Å². The highest BCUT2D eigenvalue weighted by Crippen LogP contribution is 2.37. The van der Waals surface area contributed by atoms with Gasteiger partial charge in [-0.2, -0.15) is 5.10 Å². The van der Waals surface area contributed by atoms with E-state index in [9.17, 15) is 4.79 Å². The van der Waals surface area contributed by atoms with E-state index in [1.54, 1.807) is 33.5 Å². The van der Waals surface area contributed by atoms with Gasteiger partial charge in [-0.15, -0.1) is 10.2 Å². The van der Waals surface area contributed by atoms with E-state index in [4.69, 9.17) is 28.5 Å². The molecule has 1 aliphatic heterocycles. The van der Waals surface area contributed by atoms with E-state index in [0.29, 0.717) is 41.9 Å². The van der Waals surface area contributed by atoms with Gasteiger partial charge in [0.15, 0.2) is 18.1 Å². The lowest BCUT2D eigenvalue weighted by molar-refractivity contribution is -0.135. The minimum atomic E-state index is -0.347. The summed E-state index contributed by atoms with van der Waals surface area (Å²) in [5, 5.41) is 14.3. The highest BCUT2D eigenvalue weighted by Gasteiger charge is 2.34. The largest absolute Gasteiger partial charge is 0.497 e. The van der Waals surface area contributed by atoms with Crippen molar-refractivity contribution < 1.29 is 28.2 Å². The molecule has 0 N–H and O–H groups in total. The van der Waals surface area contributed by atoms with Gasteiger partial charge in [0.1, 0.15) is 11.5 Å². The van der Waals surface area contributed by atoms with Gasteiger partial charge in [-0.05, 0) is 71.8 Å². The summed E-state index contributed by atoms with van der Waals surface area (Å²) in [6, 6.07) is 20.0. The van der Waals surface area contributed by atoms with Crippen molar-refractivity contribution in [3.8, 4) is 34.5 Å². The van der Waals surface area contributed by atoms with Crippen LogP contribution in [0.25, 0.3) is 11.5 Å². The second kappa shape index (κ2) is 11.9. The lowest BCUT2D eigenvalue weighted by Gasteiger charge is -2.23. The zero-order valence-electron chi connectivity index (χ0n) is 22.8. The van der Waals surface area contributed by atoms with E-state index in [2.05, 4.69) is 10.2 Å². The molecule has 40 heavy (non-hydrogen) atoms. The molecule has 10 nitrogen and oxygen atoms in total. The summed E-state index contributed by atoms with van der Waals surface area (Å²) in [6.45, 7) is 1.76. The van der Waals surface area contributed by atoms with Crippen LogP contribution in [-0.4, -0.2) is 54.8 Å². The maximum atomic E-state index is 13.5. The van der Waals surface area contributed by atoms with Gasteiger partial charge >= 0.3 is 0 Å². The summed E-state index contributed by atoms with van der Waals surface area (Å²) >= 11 is 0. The monoisotopic (exact) mass is 542 g/mol. The van der Waals surface area contributed by atoms with Crippen molar-refractivity contribution in [1.82, 2.24) is 15.2 Å². The first kappa shape index (κ1) is 26.7. The lowest BCUT2D eigenvalue weighted by atomic mass is 9.98. The third kappa shape index (κ3) is 5.61. The second-order valence-electron chi connectivity index (χ2n) is 9.02. The number of aryl methyl sites for hydroxylation is 1. The summed E-state index contributed by atoms with van der Waals surface area (Å²) < 4.78 is 27.6. The quantitative estimate of drug-likeness (QED) is 0.273. The molecule has 0 radical (unpaired) electrons. The SMILES string of the molecule is CCc1nnc(-c2ccc(OCC(=O)N3N=C(c4ccc(OC)cc4)CC3c3ccc(OC)c(OC)c3)cc2)o1. The van der Waals surface area contributed by atoms with E-state index < -0.39 is 0 Å². The van der Waals surface area contributed by atoms with Crippen molar-refractivity contribution in [2.75, 3.05) is 27.9 Å². The first-order valence-electron chi connectivity index (χ1n) is 12.8. The molecule has 2 heterocycles. The topological polar surface area (TPSA) is 109 Å². The zero-order valence-corrected chi connectivity index (χ0v) is 22.8. The van der Waals surface area contributed by atoms with Crippen LogP contribution in [0.3, 0.4) is 0 Å². The number of carbonyl (C=O) groups is 1. The van der Waals surface area contributed by atoms with Crippen LogP contribution in [0.2, 0.25) is 0 Å². The first-order chi connectivity index (χ1) is 19.5. The smallest absolute Gasteiger partial charge is 0.281 e. The highest BCUT2D eigenvalue weighted by atomic mass is 16.5. The fraction of sp³-hybridized carbons (Fsp3) is 0.267. The number of aromatic nitrogens is 2. The van der Waals surface area contributed by atoms with Gasteiger partial charge in [0.05, 0.1) is 33.1 Å². The molecular weight excluding hydrogens is 512 g/mol. The Morgan fingerprint density at radius 2 is 1.57 bits per heavy atom. The van der Waals surface area contributed by atoms with Crippen molar-refractivity contribution in [1.29, 1.82) is 0 Å². The second-order valence-corrected chi connectivity index (χ2v) is 9.02. The van der Waals surface area contributed by atoms with Crippen molar-refractivity contribution in [2.45, 2.75) is 25.8 Å².